The maximum Gasteiger partial charge on any atom is 0.305 e. The Morgan fingerprint density at radius 1 is 1.28 bits per heavy atom. The minimum Gasteiger partial charge on any atom is -0.481 e. The third-order valence-electron chi connectivity index (χ3n) is 2.94. The van der Waals surface area contributed by atoms with Gasteiger partial charge < -0.3 is 16.2 Å². The Balaban J connectivity index is 4.29. The predicted molar refractivity (Wildman–Crippen MR) is 71.1 cm³/mol. The first-order chi connectivity index (χ1) is 8.16. The average molecular weight is 258 g/mol. The molecule has 5 nitrogen and oxygen atoms in total. The van der Waals surface area contributed by atoms with E-state index in [4.69, 9.17) is 10.8 Å². The van der Waals surface area contributed by atoms with Gasteiger partial charge in [-0.05, 0) is 11.8 Å². The Labute approximate surface area is 109 Å². The van der Waals surface area contributed by atoms with Crippen molar-refractivity contribution in [1.82, 2.24) is 5.32 Å². The van der Waals surface area contributed by atoms with Crippen molar-refractivity contribution in [2.24, 2.45) is 11.1 Å². The Hall–Kier alpha value is -1.10. The first-order valence-corrected chi connectivity index (χ1v) is 6.43. The minimum atomic E-state index is -0.895. The average Bonchev–Trinajstić information content (AvgIpc) is 2.14. The van der Waals surface area contributed by atoms with Gasteiger partial charge in [0.05, 0.1) is 6.42 Å². The zero-order chi connectivity index (χ0) is 14.3. The molecule has 0 aromatic rings. The van der Waals surface area contributed by atoms with Crippen LogP contribution < -0.4 is 11.1 Å². The van der Waals surface area contributed by atoms with Crippen LogP contribution in [-0.4, -0.2) is 29.1 Å². The van der Waals surface area contributed by atoms with E-state index >= 15 is 0 Å². The lowest BCUT2D eigenvalue weighted by Crippen LogP contribution is -2.43. The molecule has 0 saturated heterocycles. The second-order valence-corrected chi connectivity index (χ2v) is 5.83. The molecule has 0 aromatic heterocycles. The lowest BCUT2D eigenvalue weighted by molar-refractivity contribution is -0.137. The molecular weight excluding hydrogens is 232 g/mol. The highest BCUT2D eigenvalue weighted by molar-refractivity contribution is 5.78. The number of carboxylic acids is 1. The summed E-state index contributed by atoms with van der Waals surface area (Å²) < 4.78 is 0. The van der Waals surface area contributed by atoms with Crippen molar-refractivity contribution in [2.45, 2.75) is 65.5 Å². The standard InChI is InChI=1S/C13H26N2O3/c1-5-6-9(7-12(17)18)15-11(16)8-10(14)13(2,3)4/h9-10H,5-8,14H2,1-4H3,(H,15,16)(H,17,18). The number of nitrogens with one attached hydrogen (secondary N) is 1. The van der Waals surface area contributed by atoms with E-state index in [0.29, 0.717) is 6.42 Å². The smallest absolute Gasteiger partial charge is 0.305 e. The largest absolute Gasteiger partial charge is 0.481 e. The van der Waals surface area contributed by atoms with E-state index in [2.05, 4.69) is 5.32 Å². The number of aliphatic carboxylic acids is 1. The number of rotatable bonds is 7. The molecule has 0 saturated carbocycles. The summed E-state index contributed by atoms with van der Waals surface area (Å²) in [6.45, 7) is 7.89. The number of hydrogen-bond acceptors (Lipinski definition) is 3. The van der Waals surface area contributed by atoms with Gasteiger partial charge in [-0.1, -0.05) is 34.1 Å². The molecule has 0 aromatic carbocycles. The zero-order valence-electron chi connectivity index (χ0n) is 11.8. The lowest BCUT2D eigenvalue weighted by atomic mass is 9.85. The van der Waals surface area contributed by atoms with E-state index in [0.717, 1.165) is 6.42 Å². The van der Waals surface area contributed by atoms with E-state index in [1.54, 1.807) is 0 Å². The van der Waals surface area contributed by atoms with Gasteiger partial charge in [0.2, 0.25) is 5.91 Å². The van der Waals surface area contributed by atoms with Crippen LogP contribution in [0.2, 0.25) is 0 Å². The molecule has 18 heavy (non-hydrogen) atoms. The summed E-state index contributed by atoms with van der Waals surface area (Å²) in [5.74, 6) is -1.06. The van der Waals surface area contributed by atoms with Crippen molar-refractivity contribution >= 4 is 11.9 Å². The molecular formula is C13H26N2O3. The maximum atomic E-state index is 11.8. The maximum absolute atomic E-state index is 11.8. The Bertz CT molecular complexity index is 284. The van der Waals surface area contributed by atoms with Crippen molar-refractivity contribution in [1.29, 1.82) is 0 Å². The summed E-state index contributed by atoms with van der Waals surface area (Å²) in [5.41, 5.74) is 5.79. The number of carbonyl (C=O) groups excluding carboxylic acids is 1. The molecule has 0 radical (unpaired) electrons. The van der Waals surface area contributed by atoms with Crippen LogP contribution in [0.4, 0.5) is 0 Å². The number of carbonyl (C=O) groups is 2. The van der Waals surface area contributed by atoms with Crippen LogP contribution in [0.1, 0.15) is 53.4 Å². The molecule has 106 valence electrons. The summed E-state index contributed by atoms with van der Waals surface area (Å²) in [7, 11) is 0. The van der Waals surface area contributed by atoms with Crippen molar-refractivity contribution < 1.29 is 14.7 Å². The Kier molecular flexibility index (Phi) is 6.91. The highest BCUT2D eigenvalue weighted by Crippen LogP contribution is 2.19. The van der Waals surface area contributed by atoms with Crippen molar-refractivity contribution in [2.75, 3.05) is 0 Å². The Morgan fingerprint density at radius 3 is 2.22 bits per heavy atom. The van der Waals surface area contributed by atoms with E-state index in [-0.39, 0.29) is 36.2 Å². The van der Waals surface area contributed by atoms with Crippen LogP contribution in [0.25, 0.3) is 0 Å². The highest BCUT2D eigenvalue weighted by Gasteiger charge is 2.24. The van der Waals surface area contributed by atoms with Gasteiger partial charge in [-0.15, -0.1) is 0 Å². The van der Waals surface area contributed by atoms with Crippen LogP contribution in [-0.2, 0) is 9.59 Å². The summed E-state index contributed by atoms with van der Waals surface area (Å²) >= 11 is 0. The fraction of sp³-hybridized carbons (Fsp3) is 0.846. The van der Waals surface area contributed by atoms with Crippen LogP contribution in [0.3, 0.4) is 0 Å². The van der Waals surface area contributed by atoms with E-state index < -0.39 is 5.97 Å². The number of hydrogen-bond donors (Lipinski definition) is 3. The first-order valence-electron chi connectivity index (χ1n) is 6.43. The summed E-state index contributed by atoms with van der Waals surface area (Å²) in [6, 6.07) is -0.531. The highest BCUT2D eigenvalue weighted by atomic mass is 16.4. The molecule has 0 bridgehead atoms. The zero-order valence-corrected chi connectivity index (χ0v) is 11.8. The van der Waals surface area contributed by atoms with Crippen LogP contribution in [0.5, 0.6) is 0 Å². The van der Waals surface area contributed by atoms with Crippen LogP contribution in [0.15, 0.2) is 0 Å². The van der Waals surface area contributed by atoms with Gasteiger partial charge in [0.15, 0.2) is 0 Å². The third-order valence-corrected chi connectivity index (χ3v) is 2.94. The van der Waals surface area contributed by atoms with Gasteiger partial charge in [0, 0.05) is 18.5 Å². The molecule has 0 rings (SSSR count). The van der Waals surface area contributed by atoms with Gasteiger partial charge in [-0.2, -0.15) is 0 Å². The second kappa shape index (κ2) is 7.36. The lowest BCUT2D eigenvalue weighted by Gasteiger charge is -2.27. The molecule has 0 spiro atoms. The van der Waals surface area contributed by atoms with Crippen LogP contribution >= 0.6 is 0 Å². The summed E-state index contributed by atoms with van der Waals surface area (Å²) in [5, 5.41) is 11.5. The SMILES string of the molecule is CCCC(CC(=O)O)NC(=O)CC(N)C(C)(C)C. The van der Waals surface area contributed by atoms with Crippen LogP contribution in [0, 0.1) is 5.41 Å². The molecule has 1 amide bonds. The molecule has 5 heteroatoms. The monoisotopic (exact) mass is 258 g/mol. The van der Waals surface area contributed by atoms with E-state index in [1.807, 2.05) is 27.7 Å². The normalized spacial score (nSPS) is 14.9. The van der Waals surface area contributed by atoms with Gasteiger partial charge in [-0.25, -0.2) is 0 Å². The third kappa shape index (κ3) is 7.27. The number of carboxylic acid groups (broad SMARTS) is 1. The van der Waals surface area contributed by atoms with E-state index in [9.17, 15) is 9.59 Å². The fourth-order valence-electron chi connectivity index (χ4n) is 1.58. The predicted octanol–water partition coefficient (Wildman–Crippen LogP) is 1.51. The first kappa shape index (κ1) is 16.9. The van der Waals surface area contributed by atoms with Gasteiger partial charge in [0.1, 0.15) is 0 Å². The number of amides is 1. The van der Waals surface area contributed by atoms with Crippen molar-refractivity contribution in [3.63, 3.8) is 0 Å². The summed E-state index contributed by atoms with van der Waals surface area (Å²) in [6.07, 6.45) is 1.69. The molecule has 4 N–H and O–H groups in total. The van der Waals surface area contributed by atoms with E-state index in [1.165, 1.54) is 0 Å². The molecule has 0 aliphatic rings. The molecule has 0 fully saturated rings. The van der Waals surface area contributed by atoms with Crippen molar-refractivity contribution in [3.05, 3.63) is 0 Å². The molecule has 0 heterocycles. The summed E-state index contributed by atoms with van der Waals surface area (Å²) in [4.78, 5) is 22.5. The van der Waals surface area contributed by atoms with Gasteiger partial charge >= 0.3 is 5.97 Å². The molecule has 2 atom stereocenters. The number of nitrogens with two attached hydrogens (primary N) is 1. The van der Waals surface area contributed by atoms with Gasteiger partial charge in [-0.3, -0.25) is 9.59 Å². The minimum absolute atomic E-state index is 0.0374. The van der Waals surface area contributed by atoms with Gasteiger partial charge in [0.25, 0.3) is 0 Å². The molecule has 0 aliphatic carbocycles. The Morgan fingerprint density at radius 2 is 1.83 bits per heavy atom. The second-order valence-electron chi connectivity index (χ2n) is 5.83. The molecule has 2 unspecified atom stereocenters. The molecule has 0 aliphatic heterocycles. The van der Waals surface area contributed by atoms with Crippen molar-refractivity contribution in [3.8, 4) is 0 Å². The topological polar surface area (TPSA) is 92.4 Å². The fourth-order valence-corrected chi connectivity index (χ4v) is 1.58. The quantitative estimate of drug-likeness (QED) is 0.645.